The van der Waals surface area contributed by atoms with Gasteiger partial charge in [0.1, 0.15) is 0 Å². The van der Waals surface area contributed by atoms with Crippen LogP contribution in [0.2, 0.25) is 0 Å². The van der Waals surface area contributed by atoms with Crippen LogP contribution < -0.4 is 0 Å². The minimum Gasteiger partial charge on any atom is -0.264 e. The van der Waals surface area contributed by atoms with E-state index in [1.165, 1.54) is 16.3 Å². The Balaban J connectivity index is 2.52. The first-order valence-electron chi connectivity index (χ1n) is 5.38. The van der Waals surface area contributed by atoms with E-state index in [1.807, 2.05) is 12.4 Å². The molecule has 1 heteroatoms. The Bertz CT molecular complexity index is 461. The summed E-state index contributed by atoms with van der Waals surface area (Å²) in [5, 5.41) is 2.57. The molecule has 0 radical (unpaired) electrons. The SMILES string of the molecule is CC(C)(C)Cc1cccc2ccncc12. The van der Waals surface area contributed by atoms with Gasteiger partial charge in [-0.15, -0.1) is 0 Å². The summed E-state index contributed by atoms with van der Waals surface area (Å²) in [5.74, 6) is 0. The third kappa shape index (κ3) is 2.35. The van der Waals surface area contributed by atoms with E-state index in [1.54, 1.807) is 0 Å². The Hall–Kier alpha value is -1.37. The number of hydrogen-bond acceptors (Lipinski definition) is 1. The van der Waals surface area contributed by atoms with Crippen LogP contribution in [0.1, 0.15) is 26.3 Å². The second kappa shape index (κ2) is 3.65. The second-order valence-electron chi connectivity index (χ2n) is 5.25. The molecular weight excluding hydrogens is 182 g/mol. The first-order chi connectivity index (χ1) is 7.06. The maximum absolute atomic E-state index is 4.20. The number of aromatic nitrogens is 1. The summed E-state index contributed by atoms with van der Waals surface area (Å²) in [5.41, 5.74) is 1.72. The van der Waals surface area contributed by atoms with Crippen molar-refractivity contribution in [2.45, 2.75) is 27.2 Å². The molecule has 0 N–H and O–H groups in total. The van der Waals surface area contributed by atoms with Crippen LogP contribution in [0.5, 0.6) is 0 Å². The molecule has 78 valence electrons. The van der Waals surface area contributed by atoms with Gasteiger partial charge in [0.25, 0.3) is 0 Å². The van der Waals surface area contributed by atoms with Crippen LogP contribution in [-0.4, -0.2) is 4.98 Å². The van der Waals surface area contributed by atoms with Gasteiger partial charge >= 0.3 is 0 Å². The molecule has 0 amide bonds. The van der Waals surface area contributed by atoms with Gasteiger partial charge in [-0.2, -0.15) is 0 Å². The fourth-order valence-electron chi connectivity index (χ4n) is 1.90. The molecule has 1 aromatic heterocycles. The van der Waals surface area contributed by atoms with E-state index in [2.05, 4.69) is 50.0 Å². The lowest BCUT2D eigenvalue weighted by atomic mass is 9.86. The molecular formula is C14H17N. The van der Waals surface area contributed by atoms with Crippen LogP contribution in [0.3, 0.4) is 0 Å². The molecule has 0 saturated heterocycles. The normalized spacial score (nSPS) is 11.9. The molecule has 0 spiro atoms. The summed E-state index contributed by atoms with van der Waals surface area (Å²) in [4.78, 5) is 4.20. The maximum atomic E-state index is 4.20. The highest BCUT2D eigenvalue weighted by atomic mass is 14.6. The van der Waals surface area contributed by atoms with Crippen molar-refractivity contribution in [2.75, 3.05) is 0 Å². The molecule has 0 saturated carbocycles. The molecule has 2 rings (SSSR count). The maximum Gasteiger partial charge on any atom is 0.0349 e. The van der Waals surface area contributed by atoms with Gasteiger partial charge in [-0.05, 0) is 28.9 Å². The van der Waals surface area contributed by atoms with Crippen LogP contribution in [0.25, 0.3) is 10.8 Å². The molecule has 0 aliphatic carbocycles. The van der Waals surface area contributed by atoms with Crippen molar-refractivity contribution in [2.24, 2.45) is 5.41 Å². The van der Waals surface area contributed by atoms with Crippen molar-refractivity contribution < 1.29 is 0 Å². The molecule has 1 nitrogen and oxygen atoms in total. The number of rotatable bonds is 1. The van der Waals surface area contributed by atoms with Gasteiger partial charge in [0.15, 0.2) is 0 Å². The van der Waals surface area contributed by atoms with Crippen molar-refractivity contribution in [1.29, 1.82) is 0 Å². The molecule has 0 aliphatic heterocycles. The largest absolute Gasteiger partial charge is 0.264 e. The fourth-order valence-corrected chi connectivity index (χ4v) is 1.90. The third-order valence-electron chi connectivity index (χ3n) is 2.49. The molecule has 15 heavy (non-hydrogen) atoms. The van der Waals surface area contributed by atoms with Crippen molar-refractivity contribution in [1.82, 2.24) is 4.98 Å². The average Bonchev–Trinajstić information content (AvgIpc) is 2.16. The zero-order valence-electron chi connectivity index (χ0n) is 9.62. The lowest BCUT2D eigenvalue weighted by Gasteiger charge is -2.19. The number of fused-ring (bicyclic) bond motifs is 1. The Kier molecular flexibility index (Phi) is 2.47. The van der Waals surface area contributed by atoms with Crippen molar-refractivity contribution in [3.05, 3.63) is 42.2 Å². The summed E-state index contributed by atoms with van der Waals surface area (Å²) in [6.07, 6.45) is 4.91. The van der Waals surface area contributed by atoms with Crippen LogP contribution in [0, 0.1) is 5.41 Å². The van der Waals surface area contributed by atoms with E-state index in [0.29, 0.717) is 5.41 Å². The molecule has 0 unspecified atom stereocenters. The summed E-state index contributed by atoms with van der Waals surface area (Å²) in [7, 11) is 0. The highest BCUT2D eigenvalue weighted by molar-refractivity contribution is 5.84. The quantitative estimate of drug-likeness (QED) is 0.680. The van der Waals surface area contributed by atoms with Gasteiger partial charge in [0.2, 0.25) is 0 Å². The van der Waals surface area contributed by atoms with Gasteiger partial charge in [0.05, 0.1) is 0 Å². The molecule has 0 bridgehead atoms. The molecule has 2 aromatic rings. The predicted octanol–water partition coefficient (Wildman–Crippen LogP) is 3.82. The van der Waals surface area contributed by atoms with Gasteiger partial charge in [0, 0.05) is 17.8 Å². The van der Waals surface area contributed by atoms with Crippen LogP contribution in [0.4, 0.5) is 0 Å². The smallest absolute Gasteiger partial charge is 0.0349 e. The van der Waals surface area contributed by atoms with Crippen LogP contribution >= 0.6 is 0 Å². The van der Waals surface area contributed by atoms with Gasteiger partial charge in [-0.25, -0.2) is 0 Å². The summed E-state index contributed by atoms with van der Waals surface area (Å²) < 4.78 is 0. The van der Waals surface area contributed by atoms with Crippen molar-refractivity contribution >= 4 is 10.8 Å². The summed E-state index contributed by atoms with van der Waals surface area (Å²) in [6, 6.07) is 8.54. The Morgan fingerprint density at radius 3 is 2.67 bits per heavy atom. The van der Waals surface area contributed by atoms with Gasteiger partial charge in [-0.1, -0.05) is 39.0 Å². The fraction of sp³-hybridized carbons (Fsp3) is 0.357. The highest BCUT2D eigenvalue weighted by Gasteiger charge is 2.12. The predicted molar refractivity (Wildman–Crippen MR) is 64.9 cm³/mol. The standard InChI is InChI=1S/C14H17N/c1-14(2,3)9-12-6-4-5-11-7-8-15-10-13(11)12/h4-8,10H,9H2,1-3H3. The number of benzene rings is 1. The topological polar surface area (TPSA) is 12.9 Å². The lowest BCUT2D eigenvalue weighted by molar-refractivity contribution is 0.412. The lowest BCUT2D eigenvalue weighted by Crippen LogP contribution is -2.09. The third-order valence-corrected chi connectivity index (χ3v) is 2.49. The minimum atomic E-state index is 0.324. The molecule has 1 heterocycles. The molecule has 0 fully saturated rings. The Morgan fingerprint density at radius 2 is 1.93 bits per heavy atom. The van der Waals surface area contributed by atoms with E-state index in [9.17, 15) is 0 Å². The zero-order valence-corrected chi connectivity index (χ0v) is 9.62. The van der Waals surface area contributed by atoms with Gasteiger partial charge in [-0.3, -0.25) is 4.98 Å². The van der Waals surface area contributed by atoms with E-state index in [4.69, 9.17) is 0 Å². The van der Waals surface area contributed by atoms with E-state index in [0.717, 1.165) is 6.42 Å². The number of nitrogens with zero attached hydrogens (tertiary/aromatic N) is 1. The number of hydrogen-bond donors (Lipinski definition) is 0. The average molecular weight is 199 g/mol. The van der Waals surface area contributed by atoms with E-state index >= 15 is 0 Å². The Labute approximate surface area is 91.2 Å². The monoisotopic (exact) mass is 199 g/mol. The van der Waals surface area contributed by atoms with Crippen LogP contribution in [0.15, 0.2) is 36.7 Å². The zero-order chi connectivity index (χ0) is 10.9. The molecule has 1 aromatic carbocycles. The van der Waals surface area contributed by atoms with Gasteiger partial charge < -0.3 is 0 Å². The molecule has 0 atom stereocenters. The van der Waals surface area contributed by atoms with Crippen molar-refractivity contribution in [3.8, 4) is 0 Å². The van der Waals surface area contributed by atoms with E-state index in [-0.39, 0.29) is 0 Å². The first kappa shape index (κ1) is 10.2. The highest BCUT2D eigenvalue weighted by Crippen LogP contribution is 2.25. The summed E-state index contributed by atoms with van der Waals surface area (Å²) >= 11 is 0. The van der Waals surface area contributed by atoms with Crippen molar-refractivity contribution in [3.63, 3.8) is 0 Å². The first-order valence-corrected chi connectivity index (χ1v) is 5.38. The van der Waals surface area contributed by atoms with E-state index < -0.39 is 0 Å². The minimum absolute atomic E-state index is 0.324. The number of pyridine rings is 1. The summed E-state index contributed by atoms with van der Waals surface area (Å²) in [6.45, 7) is 6.80. The second-order valence-corrected chi connectivity index (χ2v) is 5.25. The molecule has 0 aliphatic rings. The Morgan fingerprint density at radius 1 is 1.13 bits per heavy atom. The van der Waals surface area contributed by atoms with Crippen LogP contribution in [-0.2, 0) is 6.42 Å².